The molecule has 1 heterocycles. The Balaban J connectivity index is 2.07. The van der Waals surface area contributed by atoms with Crippen LogP contribution in [-0.4, -0.2) is 53.9 Å². The molecule has 4 atom stereocenters. The van der Waals surface area contributed by atoms with Crippen LogP contribution in [0.1, 0.15) is 52.2 Å². The molecule has 0 radical (unpaired) electrons. The topological polar surface area (TPSA) is 121 Å². The summed E-state index contributed by atoms with van der Waals surface area (Å²) in [6, 6.07) is 3.11. The highest BCUT2D eigenvalue weighted by atomic mass is 16.7. The van der Waals surface area contributed by atoms with Gasteiger partial charge in [0.25, 0.3) is 0 Å². The SMILES string of the molecule is CCCC(=O)O[C@@H](C)[C@@](C)(O)C(=O)O[C@@H](C)[C@H](O)c1cc(OC)c2c(c1)OCO2. The van der Waals surface area contributed by atoms with Crippen LogP contribution in [-0.2, 0) is 19.1 Å². The minimum atomic E-state index is -2.08. The molecule has 0 amide bonds. The number of aliphatic hydroxyl groups is 2. The highest BCUT2D eigenvalue weighted by Gasteiger charge is 2.42. The zero-order valence-electron chi connectivity index (χ0n) is 17.3. The predicted molar refractivity (Wildman–Crippen MR) is 101 cm³/mol. The number of ether oxygens (including phenoxy) is 5. The summed E-state index contributed by atoms with van der Waals surface area (Å²) >= 11 is 0. The maximum absolute atomic E-state index is 12.5. The Labute approximate surface area is 169 Å². The molecule has 0 bridgehead atoms. The average Bonchev–Trinajstić information content (AvgIpc) is 3.15. The Kier molecular flexibility index (Phi) is 7.32. The smallest absolute Gasteiger partial charge is 0.342 e. The van der Waals surface area contributed by atoms with Crippen LogP contribution < -0.4 is 14.2 Å². The van der Waals surface area contributed by atoms with Gasteiger partial charge in [-0.3, -0.25) is 4.79 Å². The van der Waals surface area contributed by atoms with Gasteiger partial charge in [0.15, 0.2) is 17.1 Å². The fourth-order valence-electron chi connectivity index (χ4n) is 2.69. The zero-order valence-corrected chi connectivity index (χ0v) is 17.3. The molecule has 0 saturated carbocycles. The van der Waals surface area contributed by atoms with E-state index >= 15 is 0 Å². The van der Waals surface area contributed by atoms with E-state index in [0.717, 1.165) is 0 Å². The molecule has 29 heavy (non-hydrogen) atoms. The number of esters is 2. The van der Waals surface area contributed by atoms with Crippen molar-refractivity contribution in [2.24, 2.45) is 0 Å². The lowest BCUT2D eigenvalue weighted by Crippen LogP contribution is -2.49. The Morgan fingerprint density at radius 3 is 2.55 bits per heavy atom. The van der Waals surface area contributed by atoms with Crippen molar-refractivity contribution in [3.63, 3.8) is 0 Å². The van der Waals surface area contributed by atoms with E-state index in [9.17, 15) is 19.8 Å². The summed E-state index contributed by atoms with van der Waals surface area (Å²) in [6.45, 7) is 5.92. The van der Waals surface area contributed by atoms with Gasteiger partial charge in [0.1, 0.15) is 18.3 Å². The summed E-state index contributed by atoms with van der Waals surface area (Å²) in [5, 5.41) is 21.1. The lowest BCUT2D eigenvalue weighted by atomic mass is 10.00. The second-order valence-corrected chi connectivity index (χ2v) is 7.04. The molecular weight excluding hydrogens is 384 g/mol. The molecule has 0 saturated heterocycles. The van der Waals surface area contributed by atoms with Crippen molar-refractivity contribution in [1.82, 2.24) is 0 Å². The predicted octanol–water partition coefficient (Wildman–Crippen LogP) is 1.87. The normalized spacial score (nSPS) is 17.6. The van der Waals surface area contributed by atoms with Gasteiger partial charge in [-0.15, -0.1) is 0 Å². The van der Waals surface area contributed by atoms with Gasteiger partial charge in [-0.2, -0.15) is 0 Å². The molecule has 1 aromatic rings. The number of carbonyl (C=O) groups is 2. The summed E-state index contributed by atoms with van der Waals surface area (Å²) in [5.41, 5.74) is -1.70. The lowest BCUT2D eigenvalue weighted by Gasteiger charge is -2.30. The van der Waals surface area contributed by atoms with Crippen LogP contribution in [0, 0.1) is 0 Å². The molecule has 0 fully saturated rings. The Bertz CT molecular complexity index is 744. The first-order valence-corrected chi connectivity index (χ1v) is 9.40. The van der Waals surface area contributed by atoms with Crippen LogP contribution in [0.3, 0.4) is 0 Å². The third-order valence-electron chi connectivity index (χ3n) is 4.73. The molecule has 2 N–H and O–H groups in total. The van der Waals surface area contributed by atoms with E-state index in [1.54, 1.807) is 12.1 Å². The molecule has 1 aromatic carbocycles. The Hall–Kier alpha value is -2.52. The number of aliphatic hydroxyl groups excluding tert-OH is 1. The number of rotatable bonds is 9. The number of methoxy groups -OCH3 is 1. The lowest BCUT2D eigenvalue weighted by molar-refractivity contribution is -0.190. The van der Waals surface area contributed by atoms with Gasteiger partial charge < -0.3 is 33.9 Å². The van der Waals surface area contributed by atoms with Crippen LogP contribution in [0.4, 0.5) is 0 Å². The minimum absolute atomic E-state index is 0.0350. The number of benzene rings is 1. The molecule has 0 spiro atoms. The molecule has 1 aliphatic rings. The second-order valence-electron chi connectivity index (χ2n) is 7.04. The summed E-state index contributed by atoms with van der Waals surface area (Å²) in [5.74, 6) is -0.336. The second kappa shape index (κ2) is 9.32. The van der Waals surface area contributed by atoms with Crippen LogP contribution in [0.5, 0.6) is 17.2 Å². The first kappa shape index (κ1) is 22.8. The van der Waals surface area contributed by atoms with Crippen molar-refractivity contribution in [3.8, 4) is 17.2 Å². The molecule has 1 aliphatic heterocycles. The molecule has 0 aromatic heterocycles. The molecule has 9 nitrogen and oxygen atoms in total. The number of carbonyl (C=O) groups excluding carboxylic acids is 2. The molecule has 162 valence electrons. The summed E-state index contributed by atoms with van der Waals surface area (Å²) in [6.07, 6.45) is -2.60. The highest BCUT2D eigenvalue weighted by molar-refractivity contribution is 5.80. The van der Waals surface area contributed by atoms with Crippen molar-refractivity contribution in [2.45, 2.75) is 64.4 Å². The summed E-state index contributed by atoms with van der Waals surface area (Å²) in [7, 11) is 1.45. The van der Waals surface area contributed by atoms with Gasteiger partial charge in [-0.05, 0) is 44.9 Å². The van der Waals surface area contributed by atoms with Gasteiger partial charge >= 0.3 is 11.9 Å². The van der Waals surface area contributed by atoms with Crippen molar-refractivity contribution in [3.05, 3.63) is 17.7 Å². The Morgan fingerprint density at radius 2 is 1.93 bits per heavy atom. The monoisotopic (exact) mass is 412 g/mol. The van der Waals surface area contributed by atoms with Gasteiger partial charge in [-0.1, -0.05) is 6.92 Å². The van der Waals surface area contributed by atoms with E-state index < -0.39 is 35.9 Å². The fourth-order valence-corrected chi connectivity index (χ4v) is 2.69. The maximum atomic E-state index is 12.5. The summed E-state index contributed by atoms with van der Waals surface area (Å²) < 4.78 is 26.2. The standard InChI is InChI=1S/C20H28O9/c1-6-7-16(21)29-12(3)20(4,24)19(23)28-11(2)17(22)13-8-14(25-5)18-15(9-13)26-10-27-18/h8-9,11-12,17,22,24H,6-7,10H2,1-5H3/t11-,12-,17-,20+/m0/s1. The van der Waals surface area contributed by atoms with E-state index in [1.807, 2.05) is 6.92 Å². The molecular formula is C20H28O9. The van der Waals surface area contributed by atoms with E-state index in [1.165, 1.54) is 27.9 Å². The van der Waals surface area contributed by atoms with Gasteiger partial charge in [0.05, 0.1) is 7.11 Å². The largest absolute Gasteiger partial charge is 0.493 e. The quantitative estimate of drug-likeness (QED) is 0.586. The molecule has 9 heteroatoms. The molecule has 2 rings (SSSR count). The van der Waals surface area contributed by atoms with E-state index in [0.29, 0.717) is 29.2 Å². The number of hydrogen-bond acceptors (Lipinski definition) is 9. The van der Waals surface area contributed by atoms with Gasteiger partial charge in [-0.25, -0.2) is 4.79 Å². The third-order valence-corrected chi connectivity index (χ3v) is 4.73. The first-order valence-electron chi connectivity index (χ1n) is 9.40. The first-order chi connectivity index (χ1) is 13.6. The van der Waals surface area contributed by atoms with Crippen LogP contribution in [0.15, 0.2) is 12.1 Å². The minimum Gasteiger partial charge on any atom is -0.493 e. The van der Waals surface area contributed by atoms with Crippen LogP contribution >= 0.6 is 0 Å². The van der Waals surface area contributed by atoms with Gasteiger partial charge in [0.2, 0.25) is 12.5 Å². The zero-order chi connectivity index (χ0) is 21.8. The maximum Gasteiger partial charge on any atom is 0.342 e. The summed E-state index contributed by atoms with van der Waals surface area (Å²) in [4.78, 5) is 24.1. The fraction of sp³-hybridized carbons (Fsp3) is 0.600. The molecule has 0 aliphatic carbocycles. The average molecular weight is 412 g/mol. The number of hydrogen-bond donors (Lipinski definition) is 2. The Morgan fingerprint density at radius 1 is 1.24 bits per heavy atom. The highest BCUT2D eigenvalue weighted by Crippen LogP contribution is 2.43. The van der Waals surface area contributed by atoms with Crippen molar-refractivity contribution in [2.75, 3.05) is 13.9 Å². The van der Waals surface area contributed by atoms with E-state index in [-0.39, 0.29) is 13.2 Å². The van der Waals surface area contributed by atoms with Crippen molar-refractivity contribution < 1.29 is 43.5 Å². The van der Waals surface area contributed by atoms with E-state index in [4.69, 9.17) is 23.7 Å². The van der Waals surface area contributed by atoms with Gasteiger partial charge in [0, 0.05) is 6.42 Å². The molecule has 0 unspecified atom stereocenters. The van der Waals surface area contributed by atoms with Crippen molar-refractivity contribution >= 4 is 11.9 Å². The number of fused-ring (bicyclic) bond motifs is 1. The van der Waals surface area contributed by atoms with Crippen molar-refractivity contribution in [1.29, 1.82) is 0 Å². The van der Waals surface area contributed by atoms with Crippen LogP contribution in [0.2, 0.25) is 0 Å². The van der Waals surface area contributed by atoms with Crippen LogP contribution in [0.25, 0.3) is 0 Å². The van der Waals surface area contributed by atoms with E-state index in [2.05, 4.69) is 0 Å². The third kappa shape index (κ3) is 5.10.